The van der Waals surface area contributed by atoms with Crippen molar-refractivity contribution >= 4 is 27.0 Å². The highest BCUT2D eigenvalue weighted by atomic mass is 31.0. The van der Waals surface area contributed by atoms with E-state index in [0.717, 1.165) is 0 Å². The Morgan fingerprint density at radius 1 is 1.31 bits per heavy atom. The molecule has 2 amide bonds. The number of anilines is 1. The minimum Gasteiger partial charge on any atom is -0.384 e. The maximum atomic E-state index is 10.9. The zero-order chi connectivity index (χ0) is 10.2. The van der Waals surface area contributed by atoms with Crippen molar-refractivity contribution in [1.29, 1.82) is 0 Å². The molecule has 0 aliphatic carbocycles. The zero-order valence-electron chi connectivity index (χ0n) is 6.65. The fraction of sp³-hybridized carbons (Fsp3) is 0. The lowest BCUT2D eigenvalue weighted by Gasteiger charge is -1.97. The Morgan fingerprint density at radius 2 is 1.85 bits per heavy atom. The second-order valence-corrected chi connectivity index (χ2v) is 3.00. The van der Waals surface area contributed by atoms with Gasteiger partial charge in [-0.15, -0.1) is 0 Å². The van der Waals surface area contributed by atoms with Gasteiger partial charge in [-0.25, -0.2) is 0 Å². The summed E-state index contributed by atoms with van der Waals surface area (Å²) >= 11 is 0. The fourth-order valence-corrected chi connectivity index (χ4v) is 1.26. The minimum atomic E-state index is -0.771. The number of primary amides is 2. The van der Waals surface area contributed by atoms with Crippen LogP contribution in [0.3, 0.4) is 0 Å². The summed E-state index contributed by atoms with van der Waals surface area (Å²) < 4.78 is 1.33. The van der Waals surface area contributed by atoms with Gasteiger partial charge in [-0.2, -0.15) is 0 Å². The number of carbonyl (C=O) groups is 2. The average Bonchev–Trinajstić information content (AvgIpc) is 2.28. The van der Waals surface area contributed by atoms with E-state index in [9.17, 15) is 9.59 Å². The summed E-state index contributed by atoms with van der Waals surface area (Å²) in [5.41, 5.74) is 15.5. The van der Waals surface area contributed by atoms with Crippen molar-refractivity contribution in [2.45, 2.75) is 0 Å². The van der Waals surface area contributed by atoms with Gasteiger partial charge >= 0.3 is 0 Å². The number of hydrogen-bond donors (Lipinski definition) is 3. The van der Waals surface area contributed by atoms with Crippen LogP contribution >= 0.6 is 9.39 Å². The molecule has 0 radical (unpaired) electrons. The van der Waals surface area contributed by atoms with E-state index in [-0.39, 0.29) is 16.9 Å². The summed E-state index contributed by atoms with van der Waals surface area (Å²) in [5.74, 6) is -1.40. The Balaban J connectivity index is 3.44. The molecule has 0 aromatic carbocycles. The van der Waals surface area contributed by atoms with Gasteiger partial charge in [-0.05, 0) is 9.39 Å². The molecule has 1 rings (SSSR count). The van der Waals surface area contributed by atoms with Crippen molar-refractivity contribution in [3.63, 3.8) is 0 Å². The smallest absolute Gasteiger partial charge is 0.253 e. The molecular weight excluding hydrogens is 191 g/mol. The van der Waals surface area contributed by atoms with E-state index < -0.39 is 11.8 Å². The third-order valence-corrected chi connectivity index (χ3v) is 2.01. The van der Waals surface area contributed by atoms with Gasteiger partial charge in [0.2, 0.25) is 0 Å². The maximum Gasteiger partial charge on any atom is 0.253 e. The standard InChI is InChI=1S/C6H9N4O2P/c7-4-3(6(9)12)2(5(8)11)1-10(4)13/h1H,7,13H2,(H2,8,11)(H2,9,12). The first-order valence-electron chi connectivity index (χ1n) is 3.30. The molecule has 13 heavy (non-hydrogen) atoms. The van der Waals surface area contributed by atoms with Gasteiger partial charge in [0.05, 0.1) is 11.1 Å². The second-order valence-electron chi connectivity index (χ2n) is 2.44. The molecule has 0 saturated carbocycles. The molecular formula is C6H9N4O2P. The zero-order valence-corrected chi connectivity index (χ0v) is 7.81. The van der Waals surface area contributed by atoms with E-state index in [1.54, 1.807) is 0 Å². The van der Waals surface area contributed by atoms with Crippen molar-refractivity contribution < 1.29 is 9.59 Å². The SMILES string of the molecule is NC(=O)c1cn(P)c(N)c1C(N)=O. The highest BCUT2D eigenvalue weighted by Gasteiger charge is 2.19. The fourth-order valence-electron chi connectivity index (χ4n) is 0.986. The van der Waals surface area contributed by atoms with Crippen molar-refractivity contribution in [2.24, 2.45) is 11.5 Å². The number of amides is 2. The first kappa shape index (κ1) is 9.54. The molecule has 7 heteroatoms. The van der Waals surface area contributed by atoms with Gasteiger partial charge in [0.15, 0.2) is 0 Å². The number of nitrogen functional groups attached to an aromatic ring is 1. The van der Waals surface area contributed by atoms with E-state index in [0.29, 0.717) is 0 Å². The second kappa shape index (κ2) is 3.06. The molecule has 0 saturated heterocycles. The Hall–Kier alpha value is -1.55. The van der Waals surface area contributed by atoms with Crippen molar-refractivity contribution in [3.05, 3.63) is 17.3 Å². The summed E-state index contributed by atoms with van der Waals surface area (Å²) in [6, 6.07) is 0. The molecule has 0 fully saturated rings. The number of nitrogens with two attached hydrogens (primary N) is 3. The molecule has 6 N–H and O–H groups in total. The third kappa shape index (κ3) is 1.48. The average molecular weight is 200 g/mol. The molecule has 1 aromatic heterocycles. The van der Waals surface area contributed by atoms with Crippen LogP contribution in [0.25, 0.3) is 0 Å². The Kier molecular flexibility index (Phi) is 2.25. The number of rotatable bonds is 2. The van der Waals surface area contributed by atoms with Crippen LogP contribution in [0.4, 0.5) is 5.82 Å². The van der Waals surface area contributed by atoms with Crippen LogP contribution in [0.15, 0.2) is 6.20 Å². The lowest BCUT2D eigenvalue weighted by Crippen LogP contribution is -2.19. The van der Waals surface area contributed by atoms with E-state index in [1.807, 2.05) is 0 Å². The van der Waals surface area contributed by atoms with Crippen LogP contribution in [0, 0.1) is 0 Å². The highest BCUT2D eigenvalue weighted by Crippen LogP contribution is 2.20. The van der Waals surface area contributed by atoms with Crippen LogP contribution in [0.5, 0.6) is 0 Å². The molecule has 1 heterocycles. The van der Waals surface area contributed by atoms with E-state index in [2.05, 4.69) is 9.39 Å². The minimum absolute atomic E-state index is 0.0278. The summed E-state index contributed by atoms with van der Waals surface area (Å²) in [7, 11) is 2.21. The molecule has 1 unspecified atom stereocenters. The van der Waals surface area contributed by atoms with Crippen LogP contribution in [0.2, 0.25) is 0 Å². The summed E-state index contributed by atoms with van der Waals surface area (Å²) in [6.07, 6.45) is 1.34. The molecule has 0 spiro atoms. The number of nitrogens with zero attached hydrogens (tertiary/aromatic N) is 1. The molecule has 0 aliphatic heterocycles. The molecule has 0 bridgehead atoms. The lowest BCUT2D eigenvalue weighted by molar-refractivity contribution is 0.0969. The topological polar surface area (TPSA) is 117 Å². The largest absolute Gasteiger partial charge is 0.384 e. The van der Waals surface area contributed by atoms with E-state index in [4.69, 9.17) is 17.2 Å². The maximum absolute atomic E-state index is 10.9. The Labute approximate surface area is 76.3 Å². The predicted octanol–water partition coefficient (Wildman–Crippen LogP) is -1.09. The van der Waals surface area contributed by atoms with Gasteiger partial charge in [0.1, 0.15) is 5.82 Å². The van der Waals surface area contributed by atoms with Crippen molar-refractivity contribution in [1.82, 2.24) is 4.34 Å². The molecule has 70 valence electrons. The first-order valence-corrected chi connectivity index (χ1v) is 3.82. The first-order chi connectivity index (χ1) is 5.95. The predicted molar refractivity (Wildman–Crippen MR) is 51.0 cm³/mol. The number of carbonyl (C=O) groups excluding carboxylic acids is 2. The van der Waals surface area contributed by atoms with Gasteiger partial charge in [-0.3, -0.25) is 9.59 Å². The van der Waals surface area contributed by atoms with Crippen molar-refractivity contribution in [3.8, 4) is 0 Å². The highest BCUT2D eigenvalue weighted by molar-refractivity contribution is 7.14. The normalized spacial score (nSPS) is 9.92. The van der Waals surface area contributed by atoms with Gasteiger partial charge in [0.25, 0.3) is 11.8 Å². The Bertz CT molecular complexity index is 384. The van der Waals surface area contributed by atoms with E-state index in [1.165, 1.54) is 10.5 Å². The van der Waals surface area contributed by atoms with Gasteiger partial charge in [0, 0.05) is 6.20 Å². The number of aromatic nitrogens is 1. The quantitative estimate of drug-likeness (QED) is 0.526. The molecule has 1 atom stereocenters. The van der Waals surface area contributed by atoms with Gasteiger partial charge < -0.3 is 21.5 Å². The Morgan fingerprint density at radius 3 is 2.15 bits per heavy atom. The lowest BCUT2D eigenvalue weighted by atomic mass is 10.1. The molecule has 1 aromatic rings. The molecule has 0 aliphatic rings. The summed E-state index contributed by atoms with van der Waals surface area (Å²) in [6.45, 7) is 0. The van der Waals surface area contributed by atoms with Crippen LogP contribution in [0.1, 0.15) is 20.7 Å². The van der Waals surface area contributed by atoms with Crippen LogP contribution in [-0.4, -0.2) is 16.2 Å². The monoisotopic (exact) mass is 200 g/mol. The van der Waals surface area contributed by atoms with Crippen LogP contribution in [-0.2, 0) is 0 Å². The van der Waals surface area contributed by atoms with Gasteiger partial charge in [-0.1, -0.05) is 0 Å². The van der Waals surface area contributed by atoms with E-state index >= 15 is 0 Å². The van der Waals surface area contributed by atoms with Crippen molar-refractivity contribution in [2.75, 3.05) is 5.73 Å². The molecule has 6 nitrogen and oxygen atoms in total. The third-order valence-electron chi connectivity index (χ3n) is 1.58. The van der Waals surface area contributed by atoms with Crippen LogP contribution < -0.4 is 17.2 Å². The summed E-state index contributed by atoms with van der Waals surface area (Å²) in [5, 5.41) is 0. The summed E-state index contributed by atoms with van der Waals surface area (Å²) in [4.78, 5) is 21.7. The number of hydrogen-bond acceptors (Lipinski definition) is 3.